The van der Waals surface area contributed by atoms with Crippen LogP contribution >= 0.6 is 24.8 Å². The fourth-order valence-electron chi connectivity index (χ4n) is 1.87. The van der Waals surface area contributed by atoms with Gasteiger partial charge in [0.15, 0.2) is 0 Å². The molecule has 1 aliphatic rings. The SMILES string of the molecule is CC(C)CNC(=O)c1cn2c(n1)CCNCC2.Cl.Cl. The number of rotatable bonds is 3. The highest BCUT2D eigenvalue weighted by Crippen LogP contribution is 2.06. The van der Waals surface area contributed by atoms with Crippen LogP contribution in [0.5, 0.6) is 0 Å². The molecule has 0 bridgehead atoms. The van der Waals surface area contributed by atoms with Crippen molar-refractivity contribution in [3.63, 3.8) is 0 Å². The zero-order chi connectivity index (χ0) is 12.3. The van der Waals surface area contributed by atoms with E-state index in [1.54, 1.807) is 0 Å². The van der Waals surface area contributed by atoms with Gasteiger partial charge in [0.1, 0.15) is 11.5 Å². The molecule has 19 heavy (non-hydrogen) atoms. The van der Waals surface area contributed by atoms with Crippen LogP contribution in [0.25, 0.3) is 0 Å². The Labute approximate surface area is 126 Å². The van der Waals surface area contributed by atoms with E-state index in [0.717, 1.165) is 31.9 Å². The number of carbonyl (C=O) groups is 1. The summed E-state index contributed by atoms with van der Waals surface area (Å²) in [6.45, 7) is 7.62. The van der Waals surface area contributed by atoms with Gasteiger partial charge in [0.2, 0.25) is 0 Å². The molecule has 1 aromatic rings. The fourth-order valence-corrected chi connectivity index (χ4v) is 1.87. The van der Waals surface area contributed by atoms with Gasteiger partial charge in [-0.05, 0) is 5.92 Å². The number of nitrogens with one attached hydrogen (secondary N) is 2. The summed E-state index contributed by atoms with van der Waals surface area (Å²) >= 11 is 0. The molecule has 0 aromatic carbocycles. The van der Waals surface area contributed by atoms with Crippen LogP contribution in [0.3, 0.4) is 0 Å². The minimum absolute atomic E-state index is 0. The largest absolute Gasteiger partial charge is 0.350 e. The molecule has 0 saturated carbocycles. The van der Waals surface area contributed by atoms with Crippen molar-refractivity contribution in [2.24, 2.45) is 5.92 Å². The number of imidazole rings is 1. The molecule has 0 aliphatic carbocycles. The molecule has 0 unspecified atom stereocenters. The smallest absolute Gasteiger partial charge is 0.271 e. The Kier molecular flexibility index (Phi) is 8.06. The normalized spacial score (nSPS) is 13.8. The number of halogens is 2. The van der Waals surface area contributed by atoms with Crippen molar-refractivity contribution in [3.05, 3.63) is 17.7 Å². The standard InChI is InChI=1S/C12H20N4O.2ClH/c1-9(2)7-14-12(17)10-8-16-6-5-13-4-3-11(16)15-10;;/h8-9,13H,3-7H2,1-2H3,(H,14,17);2*1H. The van der Waals surface area contributed by atoms with E-state index < -0.39 is 0 Å². The van der Waals surface area contributed by atoms with Crippen molar-refractivity contribution < 1.29 is 4.79 Å². The highest BCUT2D eigenvalue weighted by molar-refractivity contribution is 5.92. The minimum Gasteiger partial charge on any atom is -0.350 e. The van der Waals surface area contributed by atoms with Gasteiger partial charge in [-0.1, -0.05) is 13.8 Å². The van der Waals surface area contributed by atoms with Crippen LogP contribution in [-0.2, 0) is 13.0 Å². The van der Waals surface area contributed by atoms with Crippen LogP contribution in [0.2, 0.25) is 0 Å². The maximum atomic E-state index is 11.9. The Bertz CT molecular complexity index is 383. The monoisotopic (exact) mass is 308 g/mol. The van der Waals surface area contributed by atoms with Crippen LogP contribution in [0.15, 0.2) is 6.20 Å². The molecule has 2 rings (SSSR count). The molecule has 0 spiro atoms. The predicted molar refractivity (Wildman–Crippen MR) is 80.5 cm³/mol. The van der Waals surface area contributed by atoms with Crippen molar-refractivity contribution >= 4 is 30.7 Å². The summed E-state index contributed by atoms with van der Waals surface area (Å²) in [6.07, 6.45) is 2.75. The third kappa shape index (κ3) is 5.01. The highest BCUT2D eigenvalue weighted by Gasteiger charge is 2.15. The number of amides is 1. The van der Waals surface area contributed by atoms with Gasteiger partial charge in [0, 0.05) is 38.8 Å². The molecule has 2 heterocycles. The lowest BCUT2D eigenvalue weighted by Gasteiger charge is -2.05. The average Bonchev–Trinajstić information content (AvgIpc) is 2.58. The average molecular weight is 309 g/mol. The molecular formula is C12H22Cl2N4O. The first-order valence-corrected chi connectivity index (χ1v) is 6.22. The quantitative estimate of drug-likeness (QED) is 0.884. The molecular weight excluding hydrogens is 287 g/mol. The second kappa shape index (κ2) is 8.40. The van der Waals surface area contributed by atoms with Crippen LogP contribution in [0, 0.1) is 5.92 Å². The molecule has 7 heteroatoms. The third-order valence-corrected chi connectivity index (χ3v) is 2.82. The summed E-state index contributed by atoms with van der Waals surface area (Å²) in [4.78, 5) is 16.2. The molecule has 1 amide bonds. The highest BCUT2D eigenvalue weighted by atomic mass is 35.5. The second-order valence-electron chi connectivity index (χ2n) is 4.84. The van der Waals surface area contributed by atoms with Gasteiger partial charge in [0.25, 0.3) is 5.91 Å². The fraction of sp³-hybridized carbons (Fsp3) is 0.667. The summed E-state index contributed by atoms with van der Waals surface area (Å²) < 4.78 is 2.07. The number of carbonyl (C=O) groups excluding carboxylic acids is 1. The minimum atomic E-state index is -0.0627. The van der Waals surface area contributed by atoms with E-state index in [1.807, 2.05) is 6.20 Å². The molecule has 110 valence electrons. The van der Waals surface area contributed by atoms with E-state index in [1.165, 1.54) is 0 Å². The number of hydrogen-bond acceptors (Lipinski definition) is 3. The van der Waals surface area contributed by atoms with Crippen molar-refractivity contribution in [2.75, 3.05) is 19.6 Å². The van der Waals surface area contributed by atoms with Crippen LogP contribution in [0.4, 0.5) is 0 Å². The van der Waals surface area contributed by atoms with Crippen molar-refractivity contribution in [1.82, 2.24) is 20.2 Å². The van der Waals surface area contributed by atoms with Gasteiger partial charge in [-0.2, -0.15) is 0 Å². The van der Waals surface area contributed by atoms with Gasteiger partial charge in [0.05, 0.1) is 0 Å². The predicted octanol–water partition coefficient (Wildman–Crippen LogP) is 1.26. The summed E-state index contributed by atoms with van der Waals surface area (Å²) in [5.41, 5.74) is 0.544. The van der Waals surface area contributed by atoms with Gasteiger partial charge < -0.3 is 15.2 Å². The lowest BCUT2D eigenvalue weighted by atomic mass is 10.2. The maximum absolute atomic E-state index is 11.9. The van der Waals surface area contributed by atoms with E-state index in [0.29, 0.717) is 18.2 Å². The molecule has 0 radical (unpaired) electrons. The first kappa shape index (κ1) is 18.2. The molecule has 5 nitrogen and oxygen atoms in total. The lowest BCUT2D eigenvalue weighted by Crippen LogP contribution is -2.27. The Balaban J connectivity index is 0.00000162. The lowest BCUT2D eigenvalue weighted by molar-refractivity contribution is 0.0944. The maximum Gasteiger partial charge on any atom is 0.271 e. The van der Waals surface area contributed by atoms with Crippen LogP contribution in [-0.4, -0.2) is 35.1 Å². The first-order valence-electron chi connectivity index (χ1n) is 6.22. The molecule has 1 aromatic heterocycles. The molecule has 1 aliphatic heterocycles. The molecule has 0 fully saturated rings. The summed E-state index contributed by atoms with van der Waals surface area (Å²) in [7, 11) is 0. The zero-order valence-electron chi connectivity index (χ0n) is 11.3. The van der Waals surface area contributed by atoms with Crippen molar-refractivity contribution in [1.29, 1.82) is 0 Å². The van der Waals surface area contributed by atoms with Gasteiger partial charge in [-0.3, -0.25) is 4.79 Å². The summed E-state index contributed by atoms with van der Waals surface area (Å²) in [5, 5.41) is 6.20. The van der Waals surface area contributed by atoms with E-state index in [4.69, 9.17) is 0 Å². The van der Waals surface area contributed by atoms with E-state index in [2.05, 4.69) is 34.0 Å². The number of nitrogens with zero attached hydrogens (tertiary/aromatic N) is 2. The van der Waals surface area contributed by atoms with E-state index in [9.17, 15) is 4.79 Å². The first-order chi connectivity index (χ1) is 8.16. The van der Waals surface area contributed by atoms with Gasteiger partial charge in [-0.15, -0.1) is 24.8 Å². The van der Waals surface area contributed by atoms with E-state index in [-0.39, 0.29) is 30.7 Å². The topological polar surface area (TPSA) is 59.0 Å². The third-order valence-electron chi connectivity index (χ3n) is 2.82. The number of aromatic nitrogens is 2. The van der Waals surface area contributed by atoms with E-state index >= 15 is 0 Å². The van der Waals surface area contributed by atoms with Gasteiger partial charge >= 0.3 is 0 Å². The molecule has 2 N–H and O–H groups in total. The van der Waals surface area contributed by atoms with Crippen molar-refractivity contribution in [3.8, 4) is 0 Å². The molecule has 0 saturated heterocycles. The Morgan fingerprint density at radius 1 is 1.47 bits per heavy atom. The zero-order valence-corrected chi connectivity index (χ0v) is 12.9. The summed E-state index contributed by atoms with van der Waals surface area (Å²) in [5.74, 6) is 1.40. The second-order valence-corrected chi connectivity index (χ2v) is 4.84. The van der Waals surface area contributed by atoms with Crippen molar-refractivity contribution in [2.45, 2.75) is 26.8 Å². The van der Waals surface area contributed by atoms with Gasteiger partial charge in [-0.25, -0.2) is 4.98 Å². The number of hydrogen-bond donors (Lipinski definition) is 2. The Morgan fingerprint density at radius 3 is 2.89 bits per heavy atom. The van der Waals surface area contributed by atoms with Crippen LogP contribution < -0.4 is 10.6 Å². The Hall–Kier alpha value is -0.780. The Morgan fingerprint density at radius 2 is 2.21 bits per heavy atom. The molecule has 0 atom stereocenters. The summed E-state index contributed by atoms with van der Waals surface area (Å²) in [6, 6.07) is 0. The van der Waals surface area contributed by atoms with Crippen LogP contribution in [0.1, 0.15) is 30.2 Å². The number of fused-ring (bicyclic) bond motifs is 1.